The number of likely N-dealkylation sites (tertiary alicyclic amines) is 1. The van der Waals surface area contributed by atoms with Crippen LogP contribution in [0.15, 0.2) is 46.9 Å². The number of hydrogen-bond acceptors (Lipinski definition) is 3. The molecule has 7 heteroatoms. The van der Waals surface area contributed by atoms with E-state index >= 15 is 0 Å². The van der Waals surface area contributed by atoms with Crippen molar-refractivity contribution in [1.29, 1.82) is 5.26 Å². The molecule has 0 atom stereocenters. The Labute approximate surface area is 177 Å². The van der Waals surface area contributed by atoms with Gasteiger partial charge in [-0.05, 0) is 71.1 Å². The van der Waals surface area contributed by atoms with Gasteiger partial charge in [-0.25, -0.2) is 4.39 Å². The Morgan fingerprint density at radius 3 is 2.54 bits per heavy atom. The van der Waals surface area contributed by atoms with Crippen molar-refractivity contribution in [1.82, 2.24) is 4.90 Å². The van der Waals surface area contributed by atoms with Gasteiger partial charge in [0.1, 0.15) is 11.6 Å². The first-order valence-electron chi connectivity index (χ1n) is 8.92. The zero-order chi connectivity index (χ0) is 20.1. The van der Waals surface area contributed by atoms with E-state index in [1.807, 2.05) is 0 Å². The predicted octanol–water partition coefficient (Wildman–Crippen LogP) is 5.00. The number of rotatable bonds is 5. The largest absolute Gasteiger partial charge is 0.483 e. The maximum Gasteiger partial charge on any atom is 0.260 e. The topological polar surface area (TPSA) is 53.3 Å². The monoisotopic (exact) mass is 464 g/mol. The highest BCUT2D eigenvalue weighted by Crippen LogP contribution is 2.35. The molecule has 0 aromatic heterocycles. The molecule has 0 radical (unpaired) electrons. The van der Waals surface area contributed by atoms with Crippen molar-refractivity contribution in [3.05, 3.63) is 63.3 Å². The maximum absolute atomic E-state index is 13.1. The molecular formula is C21H19BrClFN2O2. The van der Waals surface area contributed by atoms with Gasteiger partial charge < -0.3 is 9.64 Å². The van der Waals surface area contributed by atoms with E-state index in [0.29, 0.717) is 47.6 Å². The Kier molecular flexibility index (Phi) is 6.58. The van der Waals surface area contributed by atoms with Crippen molar-refractivity contribution >= 4 is 33.4 Å². The van der Waals surface area contributed by atoms with Crippen molar-refractivity contribution in [3.63, 3.8) is 0 Å². The molecule has 28 heavy (non-hydrogen) atoms. The smallest absolute Gasteiger partial charge is 0.260 e. The molecule has 1 fully saturated rings. The first-order chi connectivity index (χ1) is 13.4. The lowest BCUT2D eigenvalue weighted by Crippen LogP contribution is -2.45. The van der Waals surface area contributed by atoms with Crippen LogP contribution in [-0.4, -0.2) is 30.5 Å². The van der Waals surface area contributed by atoms with Gasteiger partial charge in [0.2, 0.25) is 0 Å². The fourth-order valence-corrected chi connectivity index (χ4v) is 4.13. The molecule has 1 aliphatic heterocycles. The van der Waals surface area contributed by atoms with Crippen molar-refractivity contribution < 1.29 is 13.9 Å². The highest BCUT2D eigenvalue weighted by molar-refractivity contribution is 9.10. The lowest BCUT2D eigenvalue weighted by Gasteiger charge is -2.37. The van der Waals surface area contributed by atoms with Crippen LogP contribution in [0.25, 0.3) is 0 Å². The van der Waals surface area contributed by atoms with E-state index in [1.54, 1.807) is 35.2 Å². The highest BCUT2D eigenvalue weighted by atomic mass is 79.9. The van der Waals surface area contributed by atoms with E-state index in [2.05, 4.69) is 22.0 Å². The van der Waals surface area contributed by atoms with Crippen LogP contribution < -0.4 is 4.74 Å². The Morgan fingerprint density at radius 2 is 1.93 bits per heavy atom. The van der Waals surface area contributed by atoms with Crippen LogP contribution in [0.2, 0.25) is 5.02 Å². The molecule has 0 aliphatic carbocycles. The average Bonchev–Trinajstić information content (AvgIpc) is 2.69. The van der Waals surface area contributed by atoms with Gasteiger partial charge in [-0.15, -0.1) is 0 Å². The number of halogens is 3. The summed E-state index contributed by atoms with van der Waals surface area (Å²) in [6.07, 6.45) is 1.72. The molecule has 0 saturated carbocycles. The number of amides is 1. The molecule has 1 amide bonds. The van der Waals surface area contributed by atoms with Gasteiger partial charge in [0, 0.05) is 18.1 Å². The fraction of sp³-hybridized carbons (Fsp3) is 0.333. The molecule has 2 aromatic rings. The molecule has 0 unspecified atom stereocenters. The first-order valence-corrected chi connectivity index (χ1v) is 10.1. The summed E-state index contributed by atoms with van der Waals surface area (Å²) in [4.78, 5) is 14.2. The van der Waals surface area contributed by atoms with Crippen LogP contribution >= 0.6 is 27.5 Å². The second kappa shape index (κ2) is 8.93. The van der Waals surface area contributed by atoms with Crippen LogP contribution in [-0.2, 0) is 11.2 Å². The number of carbonyl (C=O) groups excluding carboxylic acids is 1. The molecule has 146 valence electrons. The van der Waals surface area contributed by atoms with Gasteiger partial charge >= 0.3 is 0 Å². The lowest BCUT2D eigenvalue weighted by molar-refractivity contribution is -0.135. The van der Waals surface area contributed by atoms with E-state index in [-0.39, 0.29) is 18.3 Å². The fourth-order valence-electron chi connectivity index (χ4n) is 3.33. The molecule has 3 rings (SSSR count). The Morgan fingerprint density at radius 1 is 1.25 bits per heavy atom. The highest BCUT2D eigenvalue weighted by Gasteiger charge is 2.36. The number of carbonyl (C=O) groups is 1. The Balaban J connectivity index is 1.55. The summed E-state index contributed by atoms with van der Waals surface area (Å²) >= 11 is 9.26. The van der Waals surface area contributed by atoms with Crippen LogP contribution in [0.5, 0.6) is 5.75 Å². The molecule has 1 saturated heterocycles. The molecule has 0 spiro atoms. The van der Waals surface area contributed by atoms with Crippen molar-refractivity contribution in [2.45, 2.75) is 19.3 Å². The number of ether oxygens (including phenoxy) is 1. The normalized spacial score (nSPS) is 15.7. The van der Waals surface area contributed by atoms with E-state index in [4.69, 9.17) is 16.3 Å². The minimum Gasteiger partial charge on any atom is -0.483 e. The second-order valence-corrected chi connectivity index (χ2v) is 8.23. The second-order valence-electron chi connectivity index (χ2n) is 6.94. The quantitative estimate of drug-likeness (QED) is 0.625. The average molecular weight is 466 g/mol. The number of benzene rings is 2. The third-order valence-electron chi connectivity index (χ3n) is 5.01. The van der Waals surface area contributed by atoms with Crippen molar-refractivity contribution in [2.75, 3.05) is 19.7 Å². The molecule has 0 bridgehead atoms. The zero-order valence-corrected chi connectivity index (χ0v) is 17.5. The number of nitrogens with zero attached hydrogens (tertiary/aromatic N) is 2. The van der Waals surface area contributed by atoms with E-state index < -0.39 is 5.41 Å². The summed E-state index contributed by atoms with van der Waals surface area (Å²) < 4.78 is 19.4. The summed E-state index contributed by atoms with van der Waals surface area (Å²) in [7, 11) is 0. The Bertz CT molecular complexity index is 890. The van der Waals surface area contributed by atoms with Crippen molar-refractivity contribution in [3.8, 4) is 11.8 Å². The number of nitriles is 1. The number of hydrogen-bond donors (Lipinski definition) is 0. The summed E-state index contributed by atoms with van der Waals surface area (Å²) in [5.41, 5.74) is 0.396. The van der Waals surface area contributed by atoms with E-state index in [9.17, 15) is 14.4 Å². The molecule has 2 aromatic carbocycles. The van der Waals surface area contributed by atoms with Crippen LogP contribution in [0.4, 0.5) is 4.39 Å². The van der Waals surface area contributed by atoms with Crippen LogP contribution in [0.1, 0.15) is 18.4 Å². The molecule has 1 heterocycles. The van der Waals surface area contributed by atoms with E-state index in [0.717, 1.165) is 5.56 Å². The molecule has 1 aliphatic rings. The predicted molar refractivity (Wildman–Crippen MR) is 109 cm³/mol. The van der Waals surface area contributed by atoms with Gasteiger partial charge in [0.05, 0.1) is 16.0 Å². The summed E-state index contributed by atoms with van der Waals surface area (Å²) in [6.45, 7) is 0.926. The summed E-state index contributed by atoms with van der Waals surface area (Å²) in [5.74, 6) is 0.148. The summed E-state index contributed by atoms with van der Waals surface area (Å²) in [5, 5.41) is 10.3. The van der Waals surface area contributed by atoms with Gasteiger partial charge in [-0.1, -0.05) is 23.7 Å². The van der Waals surface area contributed by atoms with Gasteiger partial charge in [-0.2, -0.15) is 5.26 Å². The van der Waals surface area contributed by atoms with Gasteiger partial charge in [-0.3, -0.25) is 4.79 Å². The van der Waals surface area contributed by atoms with Gasteiger partial charge in [0.25, 0.3) is 5.91 Å². The minimum absolute atomic E-state index is 0.0717. The summed E-state index contributed by atoms with van der Waals surface area (Å²) in [6, 6.07) is 13.8. The SMILES string of the molecule is N#CC1(Cc2ccc(F)cc2)CCN(C(=O)COc2ccc(Cl)cc2Br)CC1. The first kappa shape index (κ1) is 20.6. The third-order valence-corrected chi connectivity index (χ3v) is 5.87. The van der Waals surface area contributed by atoms with Crippen LogP contribution in [0.3, 0.4) is 0 Å². The van der Waals surface area contributed by atoms with Crippen LogP contribution in [0, 0.1) is 22.6 Å². The third kappa shape index (κ3) is 5.03. The lowest BCUT2D eigenvalue weighted by atomic mass is 9.75. The Hall–Kier alpha value is -2.10. The molecular weight excluding hydrogens is 447 g/mol. The number of piperidine rings is 1. The van der Waals surface area contributed by atoms with Gasteiger partial charge in [0.15, 0.2) is 6.61 Å². The molecule has 4 nitrogen and oxygen atoms in total. The van der Waals surface area contributed by atoms with E-state index in [1.165, 1.54) is 12.1 Å². The standard InChI is InChI=1S/C21H19BrClFN2O2/c22-18-11-16(23)3-6-19(18)28-13-20(27)26-9-7-21(14-25,8-10-26)12-15-1-4-17(24)5-2-15/h1-6,11H,7-10,12-13H2. The van der Waals surface area contributed by atoms with Crippen molar-refractivity contribution in [2.24, 2.45) is 5.41 Å². The zero-order valence-electron chi connectivity index (χ0n) is 15.1. The minimum atomic E-state index is -0.533. The molecule has 0 N–H and O–H groups in total. The maximum atomic E-state index is 13.1.